The number of allylic oxidation sites excluding steroid dienone is 1. The molecule has 41 heavy (non-hydrogen) atoms. The van der Waals surface area contributed by atoms with Crippen LogP contribution in [0.4, 0.5) is 0 Å². The van der Waals surface area contributed by atoms with Crippen molar-refractivity contribution in [3.05, 3.63) is 140 Å². The van der Waals surface area contributed by atoms with Gasteiger partial charge in [0, 0.05) is 27.8 Å². The van der Waals surface area contributed by atoms with Crippen LogP contribution in [0, 0.1) is 18.3 Å². The lowest BCUT2D eigenvalue weighted by Crippen LogP contribution is -2.21. The quantitative estimate of drug-likeness (QED) is 0.136. The third-order valence-electron chi connectivity index (χ3n) is 6.49. The van der Waals surface area contributed by atoms with Gasteiger partial charge in [-0.25, -0.2) is 4.79 Å². The maximum Gasteiger partial charge on any atom is 0.336 e. The number of fused-ring (bicyclic) bond motifs is 1. The van der Waals surface area contributed by atoms with Crippen LogP contribution < -0.4 is 19.9 Å². The van der Waals surface area contributed by atoms with Crippen LogP contribution in [0.5, 0.6) is 17.2 Å². The standard InChI is InChI=1S/C33H24Cl2N2O4/c1-20-5-7-21(8-6-20)19-39-25-4-2-3-23(15-25)32-27-13-12-26(17-30(27)41-33(37)28(32)18-36)40-31(38)14-10-22-9-11-24(34)16-29(22)35/h2-17,32H,19,37H2,1H3/b14-10+. The summed E-state index contributed by atoms with van der Waals surface area (Å²) in [6.45, 7) is 2.44. The van der Waals surface area contributed by atoms with E-state index in [0.717, 1.165) is 11.1 Å². The molecule has 0 aliphatic carbocycles. The van der Waals surface area contributed by atoms with E-state index < -0.39 is 11.9 Å². The number of carbonyl (C=O) groups is 1. The number of carbonyl (C=O) groups excluding carboxylic acids is 1. The summed E-state index contributed by atoms with van der Waals surface area (Å²) in [5.74, 6) is 0.170. The molecule has 6 nitrogen and oxygen atoms in total. The molecule has 4 aromatic rings. The number of nitrogens with zero attached hydrogens (tertiary/aromatic N) is 1. The van der Waals surface area contributed by atoms with Gasteiger partial charge in [0.25, 0.3) is 0 Å². The summed E-state index contributed by atoms with van der Waals surface area (Å²) in [7, 11) is 0. The fourth-order valence-electron chi connectivity index (χ4n) is 4.42. The summed E-state index contributed by atoms with van der Waals surface area (Å²) in [4.78, 5) is 12.5. The van der Waals surface area contributed by atoms with Crippen LogP contribution in [-0.2, 0) is 11.4 Å². The highest BCUT2D eigenvalue weighted by Crippen LogP contribution is 2.44. The Bertz CT molecular complexity index is 1720. The van der Waals surface area contributed by atoms with Crippen molar-refractivity contribution in [2.45, 2.75) is 19.4 Å². The molecule has 0 aromatic heterocycles. The van der Waals surface area contributed by atoms with E-state index in [1.54, 1.807) is 42.5 Å². The first kappa shape index (κ1) is 27.9. The molecule has 5 rings (SSSR count). The minimum atomic E-state index is -0.608. The highest BCUT2D eigenvalue weighted by molar-refractivity contribution is 6.35. The molecule has 0 fully saturated rings. The summed E-state index contributed by atoms with van der Waals surface area (Å²) in [5.41, 5.74) is 10.8. The average Bonchev–Trinajstić information content (AvgIpc) is 2.96. The monoisotopic (exact) mass is 582 g/mol. The van der Waals surface area contributed by atoms with E-state index in [9.17, 15) is 10.1 Å². The van der Waals surface area contributed by atoms with Gasteiger partial charge in [-0.05, 0) is 60.0 Å². The minimum Gasteiger partial charge on any atom is -0.489 e. The van der Waals surface area contributed by atoms with E-state index >= 15 is 0 Å². The van der Waals surface area contributed by atoms with Gasteiger partial charge in [-0.2, -0.15) is 5.26 Å². The van der Waals surface area contributed by atoms with Gasteiger partial charge in [-0.15, -0.1) is 0 Å². The zero-order valence-corrected chi connectivity index (χ0v) is 23.4. The first-order valence-electron chi connectivity index (χ1n) is 12.7. The number of halogens is 2. The number of esters is 1. The van der Waals surface area contributed by atoms with Crippen molar-refractivity contribution in [2.75, 3.05) is 0 Å². The molecule has 1 heterocycles. The van der Waals surface area contributed by atoms with Gasteiger partial charge in [0.05, 0.1) is 5.92 Å². The molecule has 0 saturated carbocycles. The molecular formula is C33H24Cl2N2O4. The normalized spacial score (nSPS) is 14.2. The lowest BCUT2D eigenvalue weighted by molar-refractivity contribution is -0.128. The molecular weight excluding hydrogens is 559 g/mol. The van der Waals surface area contributed by atoms with Crippen molar-refractivity contribution in [1.82, 2.24) is 0 Å². The van der Waals surface area contributed by atoms with Crippen LogP contribution in [-0.4, -0.2) is 5.97 Å². The van der Waals surface area contributed by atoms with E-state index in [0.29, 0.717) is 39.3 Å². The lowest BCUT2D eigenvalue weighted by Gasteiger charge is -2.27. The minimum absolute atomic E-state index is 0.0169. The highest BCUT2D eigenvalue weighted by atomic mass is 35.5. The van der Waals surface area contributed by atoms with Crippen molar-refractivity contribution in [2.24, 2.45) is 5.73 Å². The third-order valence-corrected chi connectivity index (χ3v) is 7.05. The van der Waals surface area contributed by atoms with Gasteiger partial charge in [0.1, 0.15) is 35.5 Å². The Morgan fingerprint density at radius 1 is 1.02 bits per heavy atom. The van der Waals surface area contributed by atoms with Crippen molar-refractivity contribution < 1.29 is 19.0 Å². The van der Waals surface area contributed by atoms with Crippen molar-refractivity contribution >= 4 is 35.2 Å². The summed E-state index contributed by atoms with van der Waals surface area (Å²) in [6.07, 6.45) is 2.81. The molecule has 0 saturated heterocycles. The van der Waals surface area contributed by atoms with Gasteiger partial charge < -0.3 is 19.9 Å². The highest BCUT2D eigenvalue weighted by Gasteiger charge is 2.31. The molecule has 0 amide bonds. The molecule has 0 spiro atoms. The lowest BCUT2D eigenvalue weighted by atomic mass is 9.83. The fraction of sp³-hybridized carbons (Fsp3) is 0.0909. The van der Waals surface area contributed by atoms with Gasteiger partial charge in [-0.3, -0.25) is 0 Å². The molecule has 2 N–H and O–H groups in total. The van der Waals surface area contributed by atoms with Gasteiger partial charge in [0.15, 0.2) is 0 Å². The average molecular weight is 583 g/mol. The Kier molecular flexibility index (Phi) is 8.30. The number of nitrogens with two attached hydrogens (primary N) is 1. The predicted octanol–water partition coefficient (Wildman–Crippen LogP) is 7.72. The molecule has 8 heteroatoms. The Labute approximate surface area is 247 Å². The van der Waals surface area contributed by atoms with Gasteiger partial charge in [-0.1, -0.05) is 77.3 Å². The number of aryl methyl sites for hydroxylation is 1. The number of ether oxygens (including phenoxy) is 3. The van der Waals surface area contributed by atoms with E-state index in [-0.39, 0.29) is 17.2 Å². The molecule has 0 bridgehead atoms. The van der Waals surface area contributed by atoms with Crippen molar-refractivity contribution in [1.29, 1.82) is 5.26 Å². The SMILES string of the molecule is Cc1ccc(COc2cccc(C3C(C#N)=C(N)Oc4cc(OC(=O)/C=C/c5ccc(Cl)cc5Cl)ccc43)c2)cc1. The van der Waals surface area contributed by atoms with E-state index in [4.69, 9.17) is 43.1 Å². The molecule has 204 valence electrons. The molecule has 1 atom stereocenters. The Balaban J connectivity index is 1.36. The molecule has 0 radical (unpaired) electrons. The topological polar surface area (TPSA) is 94.6 Å². The van der Waals surface area contributed by atoms with Crippen molar-refractivity contribution in [3.8, 4) is 23.3 Å². The van der Waals surface area contributed by atoms with Gasteiger partial charge in [0.2, 0.25) is 5.88 Å². The van der Waals surface area contributed by atoms with E-state index in [2.05, 4.69) is 6.07 Å². The van der Waals surface area contributed by atoms with Crippen LogP contribution in [0.25, 0.3) is 6.08 Å². The van der Waals surface area contributed by atoms with Crippen LogP contribution >= 0.6 is 23.2 Å². The summed E-state index contributed by atoms with van der Waals surface area (Å²) in [5, 5.41) is 10.8. The third kappa shape index (κ3) is 6.55. The summed E-state index contributed by atoms with van der Waals surface area (Å²) < 4.78 is 17.3. The Morgan fingerprint density at radius 3 is 2.59 bits per heavy atom. The summed E-state index contributed by atoms with van der Waals surface area (Å²) >= 11 is 12.1. The number of benzene rings is 4. The molecule has 1 aliphatic rings. The fourth-order valence-corrected chi connectivity index (χ4v) is 4.89. The first-order chi connectivity index (χ1) is 19.8. The second kappa shape index (κ2) is 12.2. The first-order valence-corrected chi connectivity index (χ1v) is 13.4. The number of rotatable bonds is 7. The van der Waals surface area contributed by atoms with Crippen LogP contribution in [0.2, 0.25) is 10.0 Å². The molecule has 1 unspecified atom stereocenters. The molecule has 4 aromatic carbocycles. The predicted molar refractivity (Wildman–Crippen MR) is 159 cm³/mol. The second-order valence-electron chi connectivity index (χ2n) is 9.39. The van der Waals surface area contributed by atoms with Crippen LogP contribution in [0.1, 0.15) is 33.7 Å². The van der Waals surface area contributed by atoms with Crippen LogP contribution in [0.3, 0.4) is 0 Å². The Morgan fingerprint density at radius 2 is 1.83 bits per heavy atom. The number of hydrogen-bond acceptors (Lipinski definition) is 6. The summed E-state index contributed by atoms with van der Waals surface area (Å²) in [6, 6.07) is 27.8. The zero-order chi connectivity index (χ0) is 28.9. The smallest absolute Gasteiger partial charge is 0.336 e. The maximum absolute atomic E-state index is 12.5. The van der Waals surface area contributed by atoms with Crippen LogP contribution in [0.15, 0.2) is 102 Å². The molecule has 1 aliphatic heterocycles. The number of hydrogen-bond donors (Lipinski definition) is 1. The van der Waals surface area contributed by atoms with E-state index in [1.165, 1.54) is 11.6 Å². The van der Waals surface area contributed by atoms with Gasteiger partial charge >= 0.3 is 5.97 Å². The second-order valence-corrected chi connectivity index (χ2v) is 10.2. The van der Waals surface area contributed by atoms with E-state index in [1.807, 2.05) is 55.5 Å². The maximum atomic E-state index is 12.5. The van der Waals surface area contributed by atoms with Crippen molar-refractivity contribution in [3.63, 3.8) is 0 Å². The zero-order valence-electron chi connectivity index (χ0n) is 21.9. The number of nitriles is 1. The largest absolute Gasteiger partial charge is 0.489 e. The Hall–Kier alpha value is -4.70.